The number of benzene rings is 3. The van der Waals surface area contributed by atoms with Crippen molar-refractivity contribution in [3.05, 3.63) is 102 Å². The van der Waals surface area contributed by atoms with E-state index in [2.05, 4.69) is 64.2 Å². The lowest BCUT2D eigenvalue weighted by molar-refractivity contribution is 0.597. The summed E-state index contributed by atoms with van der Waals surface area (Å²) in [6.07, 6.45) is 0.921. The number of sulfonamides is 1. The molecule has 0 aromatic heterocycles. The Morgan fingerprint density at radius 2 is 1.48 bits per heavy atom. The van der Waals surface area contributed by atoms with Gasteiger partial charge in [-0.2, -0.15) is 0 Å². The first kappa shape index (κ1) is 22.5. The Morgan fingerprint density at radius 3 is 2.06 bits per heavy atom. The van der Waals surface area contributed by atoms with Crippen LogP contribution in [0.4, 0.5) is 0 Å². The summed E-state index contributed by atoms with van der Waals surface area (Å²) >= 11 is 0. The highest BCUT2D eigenvalue weighted by Crippen LogP contribution is 2.20. The van der Waals surface area contributed by atoms with Gasteiger partial charge in [0.2, 0.25) is 10.0 Å². The van der Waals surface area contributed by atoms with Crippen LogP contribution in [-0.2, 0) is 23.0 Å². The van der Waals surface area contributed by atoms with Gasteiger partial charge in [-0.1, -0.05) is 72.8 Å². The van der Waals surface area contributed by atoms with Crippen LogP contribution in [-0.4, -0.2) is 28.0 Å². The van der Waals surface area contributed by atoms with Gasteiger partial charge in [-0.05, 0) is 35.2 Å². The van der Waals surface area contributed by atoms with Gasteiger partial charge in [-0.25, -0.2) is 13.6 Å². The van der Waals surface area contributed by atoms with E-state index in [0.717, 1.165) is 18.5 Å². The molecule has 0 fully saturated rings. The third-order valence-electron chi connectivity index (χ3n) is 5.05. The molecule has 0 saturated heterocycles. The van der Waals surface area contributed by atoms with E-state index in [9.17, 15) is 8.42 Å². The molecule has 0 bridgehead atoms. The third-order valence-corrected chi connectivity index (χ3v) is 5.98. The second-order valence-electron chi connectivity index (χ2n) is 7.29. The highest BCUT2D eigenvalue weighted by atomic mass is 32.2. The number of primary sulfonamides is 1. The molecule has 0 aliphatic heterocycles. The highest BCUT2D eigenvalue weighted by Gasteiger charge is 2.13. The molecule has 0 spiro atoms. The van der Waals surface area contributed by atoms with E-state index in [-0.39, 0.29) is 10.8 Å². The Labute approximate surface area is 184 Å². The number of nitrogens with one attached hydrogen (secondary N) is 2. The smallest absolute Gasteiger partial charge is 0.238 e. The number of hydrogen-bond donors (Lipinski definition) is 3. The SMILES string of the molecule is CN=C(NCc1ccc(S(N)(=O)=O)cc1)NCC(Cc1ccccc1)c1ccccc1. The van der Waals surface area contributed by atoms with Crippen molar-refractivity contribution in [2.45, 2.75) is 23.8 Å². The van der Waals surface area contributed by atoms with Crippen LogP contribution in [0.2, 0.25) is 0 Å². The molecule has 0 radical (unpaired) electrons. The Kier molecular flexibility index (Phi) is 7.81. The summed E-state index contributed by atoms with van der Waals surface area (Å²) in [4.78, 5) is 4.41. The fourth-order valence-electron chi connectivity index (χ4n) is 3.35. The Morgan fingerprint density at radius 1 is 0.871 bits per heavy atom. The van der Waals surface area contributed by atoms with Crippen LogP contribution in [0.25, 0.3) is 0 Å². The minimum atomic E-state index is -3.68. The fraction of sp³-hybridized carbons (Fsp3) is 0.208. The molecular formula is C24H28N4O2S. The average Bonchev–Trinajstić information content (AvgIpc) is 2.79. The lowest BCUT2D eigenvalue weighted by Gasteiger charge is -2.20. The molecule has 0 aliphatic rings. The predicted molar refractivity (Wildman–Crippen MR) is 125 cm³/mol. The highest BCUT2D eigenvalue weighted by molar-refractivity contribution is 7.89. The van der Waals surface area contributed by atoms with Crippen LogP contribution in [0.5, 0.6) is 0 Å². The van der Waals surface area contributed by atoms with Gasteiger partial charge in [-0.3, -0.25) is 4.99 Å². The maximum atomic E-state index is 11.4. The van der Waals surface area contributed by atoms with Crippen molar-refractivity contribution in [3.63, 3.8) is 0 Å². The normalized spacial score (nSPS) is 12.9. The summed E-state index contributed by atoms with van der Waals surface area (Å²) in [6.45, 7) is 1.24. The molecule has 1 unspecified atom stereocenters. The van der Waals surface area contributed by atoms with Crippen molar-refractivity contribution in [2.75, 3.05) is 13.6 Å². The number of aliphatic imine (C=N–C) groups is 1. The molecule has 3 aromatic rings. The van der Waals surface area contributed by atoms with Gasteiger partial charge < -0.3 is 10.6 Å². The first-order valence-electron chi connectivity index (χ1n) is 10.1. The summed E-state index contributed by atoms with van der Waals surface area (Å²) in [5.74, 6) is 0.973. The number of guanidine groups is 1. The van der Waals surface area contributed by atoms with Crippen molar-refractivity contribution < 1.29 is 8.42 Å². The third kappa shape index (κ3) is 6.94. The minimum absolute atomic E-state index is 0.102. The quantitative estimate of drug-likeness (QED) is 0.374. The average molecular weight is 437 g/mol. The Balaban J connectivity index is 1.61. The van der Waals surface area contributed by atoms with Gasteiger partial charge in [-0.15, -0.1) is 0 Å². The number of rotatable bonds is 8. The molecule has 0 heterocycles. The van der Waals surface area contributed by atoms with Crippen molar-refractivity contribution in [2.24, 2.45) is 10.1 Å². The molecule has 3 rings (SSSR count). The minimum Gasteiger partial charge on any atom is -0.356 e. The second-order valence-corrected chi connectivity index (χ2v) is 8.85. The van der Waals surface area contributed by atoms with Gasteiger partial charge >= 0.3 is 0 Å². The zero-order chi connectivity index (χ0) is 22.1. The zero-order valence-electron chi connectivity index (χ0n) is 17.5. The van der Waals surface area contributed by atoms with E-state index < -0.39 is 10.0 Å². The Bertz CT molecular complexity index is 1080. The molecule has 31 heavy (non-hydrogen) atoms. The Hall–Kier alpha value is -3.16. The topological polar surface area (TPSA) is 96.6 Å². The lowest BCUT2D eigenvalue weighted by atomic mass is 9.92. The molecule has 0 amide bonds. The van der Waals surface area contributed by atoms with Gasteiger partial charge in [0.05, 0.1) is 4.90 Å². The molecular weight excluding hydrogens is 408 g/mol. The van der Waals surface area contributed by atoms with Gasteiger partial charge in [0, 0.05) is 26.1 Å². The van der Waals surface area contributed by atoms with Crippen molar-refractivity contribution in [3.8, 4) is 0 Å². The van der Waals surface area contributed by atoms with Crippen molar-refractivity contribution >= 4 is 16.0 Å². The zero-order valence-corrected chi connectivity index (χ0v) is 18.3. The van der Waals surface area contributed by atoms with E-state index in [1.807, 2.05) is 12.1 Å². The van der Waals surface area contributed by atoms with Crippen LogP contribution >= 0.6 is 0 Å². The van der Waals surface area contributed by atoms with E-state index in [4.69, 9.17) is 5.14 Å². The summed E-state index contributed by atoms with van der Waals surface area (Å²) in [7, 11) is -1.95. The summed E-state index contributed by atoms with van der Waals surface area (Å²) < 4.78 is 22.8. The van der Waals surface area contributed by atoms with Crippen LogP contribution in [0, 0.1) is 0 Å². The van der Waals surface area contributed by atoms with E-state index in [1.165, 1.54) is 23.3 Å². The van der Waals surface area contributed by atoms with Gasteiger partial charge in [0.15, 0.2) is 5.96 Å². The van der Waals surface area contributed by atoms with Crippen molar-refractivity contribution in [1.82, 2.24) is 10.6 Å². The first-order valence-corrected chi connectivity index (χ1v) is 11.7. The van der Waals surface area contributed by atoms with Crippen LogP contribution < -0.4 is 15.8 Å². The maximum absolute atomic E-state index is 11.4. The molecule has 7 heteroatoms. The molecule has 0 saturated carbocycles. The van der Waals surface area contributed by atoms with Gasteiger partial charge in [0.1, 0.15) is 0 Å². The van der Waals surface area contributed by atoms with E-state index >= 15 is 0 Å². The van der Waals surface area contributed by atoms with E-state index in [1.54, 1.807) is 19.2 Å². The van der Waals surface area contributed by atoms with Gasteiger partial charge in [0.25, 0.3) is 0 Å². The molecule has 162 valence electrons. The lowest BCUT2D eigenvalue weighted by Crippen LogP contribution is -2.39. The number of hydrogen-bond acceptors (Lipinski definition) is 3. The fourth-order valence-corrected chi connectivity index (χ4v) is 3.87. The molecule has 6 nitrogen and oxygen atoms in total. The number of nitrogens with zero attached hydrogens (tertiary/aromatic N) is 1. The van der Waals surface area contributed by atoms with Crippen LogP contribution in [0.1, 0.15) is 22.6 Å². The molecule has 1 atom stereocenters. The largest absolute Gasteiger partial charge is 0.356 e. The second kappa shape index (κ2) is 10.7. The molecule has 3 aromatic carbocycles. The molecule has 0 aliphatic carbocycles. The summed E-state index contributed by atoms with van der Waals surface area (Å²) in [5.41, 5.74) is 3.49. The predicted octanol–water partition coefficient (Wildman–Crippen LogP) is 3.03. The van der Waals surface area contributed by atoms with E-state index in [0.29, 0.717) is 12.5 Å². The van der Waals surface area contributed by atoms with Crippen LogP contribution in [0.15, 0.2) is 94.8 Å². The summed E-state index contributed by atoms with van der Waals surface area (Å²) in [6, 6.07) is 27.4. The standard InChI is InChI=1S/C24H28N4O2S/c1-26-24(27-17-20-12-14-23(15-13-20)31(25,29)30)28-18-22(21-10-6-3-7-11-21)16-19-8-4-2-5-9-19/h2-15,22H,16-18H2,1H3,(H2,25,29,30)(H2,26,27,28). The molecule has 4 N–H and O–H groups in total. The number of nitrogens with two attached hydrogens (primary N) is 1. The maximum Gasteiger partial charge on any atom is 0.238 e. The monoisotopic (exact) mass is 436 g/mol. The van der Waals surface area contributed by atoms with Crippen LogP contribution in [0.3, 0.4) is 0 Å². The summed E-state index contributed by atoms with van der Waals surface area (Å²) in [5, 5.41) is 11.8. The first-order chi connectivity index (χ1) is 15.0. The van der Waals surface area contributed by atoms with Crippen molar-refractivity contribution in [1.29, 1.82) is 0 Å².